The van der Waals surface area contributed by atoms with Crippen LogP contribution in [0.3, 0.4) is 0 Å². The van der Waals surface area contributed by atoms with E-state index in [9.17, 15) is 22.8 Å². The molecular weight excluding hydrogens is 562 g/mol. The van der Waals surface area contributed by atoms with Crippen LogP contribution in [0.4, 0.5) is 5.69 Å². The Labute approximate surface area is 246 Å². The lowest BCUT2D eigenvalue weighted by Gasteiger charge is -2.25. The molecule has 2 N–H and O–H groups in total. The van der Waals surface area contributed by atoms with Gasteiger partial charge in [0.15, 0.2) is 0 Å². The van der Waals surface area contributed by atoms with Crippen LogP contribution in [0.5, 0.6) is 5.75 Å². The van der Waals surface area contributed by atoms with Gasteiger partial charge in [-0.1, -0.05) is 42.5 Å². The van der Waals surface area contributed by atoms with E-state index in [1.54, 1.807) is 20.8 Å². The fourth-order valence-corrected chi connectivity index (χ4v) is 5.42. The Balaban J connectivity index is 1.92. The lowest BCUT2D eigenvalue weighted by molar-refractivity contribution is -0.172. The van der Waals surface area contributed by atoms with Crippen molar-refractivity contribution in [3.8, 4) is 5.75 Å². The Morgan fingerprint density at radius 3 is 2.36 bits per heavy atom. The molecule has 226 valence electrons. The van der Waals surface area contributed by atoms with Gasteiger partial charge in [0.1, 0.15) is 22.3 Å². The van der Waals surface area contributed by atoms with Gasteiger partial charge in [0, 0.05) is 32.1 Å². The summed E-state index contributed by atoms with van der Waals surface area (Å²) in [6.45, 7) is 6.33. The standard InChI is InChI=1S/C30H37N3O8S/c1-20(34)31-23-14-15-27(26(18-23)40-17-16-22-12-9-11-21-10-7-8-13-24(21)22)42(37,38)32-25(19-28(35)33(5)39-6)29(36)41-30(2,3)4/h7-15,18,25,32H,16-17,19H2,1-6H3,(H,31,34). The summed E-state index contributed by atoms with van der Waals surface area (Å²) in [6.07, 6.45) is -0.0866. The highest BCUT2D eigenvalue weighted by atomic mass is 32.2. The summed E-state index contributed by atoms with van der Waals surface area (Å²) in [5.74, 6) is -1.98. The minimum Gasteiger partial charge on any atom is -0.492 e. The molecule has 0 radical (unpaired) electrons. The van der Waals surface area contributed by atoms with Crippen molar-refractivity contribution < 1.29 is 37.1 Å². The van der Waals surface area contributed by atoms with Crippen LogP contribution in [0.1, 0.15) is 39.7 Å². The lowest BCUT2D eigenvalue weighted by atomic mass is 10.0. The Morgan fingerprint density at radius 1 is 1.00 bits per heavy atom. The molecule has 0 aliphatic rings. The van der Waals surface area contributed by atoms with Crippen LogP contribution >= 0.6 is 0 Å². The van der Waals surface area contributed by atoms with E-state index in [0.29, 0.717) is 12.1 Å². The van der Waals surface area contributed by atoms with E-state index < -0.39 is 40.0 Å². The van der Waals surface area contributed by atoms with Gasteiger partial charge in [0.05, 0.1) is 20.1 Å². The maximum atomic E-state index is 13.7. The molecular formula is C30H37N3O8S. The third kappa shape index (κ3) is 9.00. The molecule has 1 atom stereocenters. The van der Waals surface area contributed by atoms with E-state index in [0.717, 1.165) is 21.4 Å². The van der Waals surface area contributed by atoms with Crippen LogP contribution in [-0.2, 0) is 40.4 Å². The topological polar surface area (TPSA) is 140 Å². The van der Waals surface area contributed by atoms with Crippen molar-refractivity contribution in [1.29, 1.82) is 0 Å². The zero-order chi connectivity index (χ0) is 31.1. The number of hydroxylamine groups is 2. The third-order valence-electron chi connectivity index (χ3n) is 6.06. The molecule has 12 heteroatoms. The zero-order valence-corrected chi connectivity index (χ0v) is 25.4. The van der Waals surface area contributed by atoms with E-state index in [-0.39, 0.29) is 23.2 Å². The zero-order valence-electron chi connectivity index (χ0n) is 24.6. The maximum absolute atomic E-state index is 13.7. The number of anilines is 1. The minimum atomic E-state index is -4.44. The normalized spacial score (nSPS) is 12.4. The van der Waals surface area contributed by atoms with Crippen molar-refractivity contribution in [1.82, 2.24) is 9.79 Å². The molecule has 0 heterocycles. The molecule has 1 unspecified atom stereocenters. The van der Waals surface area contributed by atoms with E-state index in [1.165, 1.54) is 39.3 Å². The number of nitrogens with one attached hydrogen (secondary N) is 2. The summed E-state index contributed by atoms with van der Waals surface area (Å²) in [4.78, 5) is 41.8. The van der Waals surface area contributed by atoms with Gasteiger partial charge < -0.3 is 14.8 Å². The number of benzene rings is 3. The average molecular weight is 600 g/mol. The summed E-state index contributed by atoms with van der Waals surface area (Å²) in [7, 11) is -1.84. The number of nitrogens with zero attached hydrogens (tertiary/aromatic N) is 1. The second-order valence-electron chi connectivity index (χ2n) is 10.6. The predicted molar refractivity (Wildman–Crippen MR) is 158 cm³/mol. The van der Waals surface area contributed by atoms with Crippen LogP contribution in [0.25, 0.3) is 10.8 Å². The average Bonchev–Trinajstić information content (AvgIpc) is 2.91. The fourth-order valence-electron chi connectivity index (χ4n) is 4.11. The Bertz CT molecular complexity index is 1540. The Kier molecular flexibility index (Phi) is 10.7. The molecule has 0 fully saturated rings. The molecule has 0 saturated carbocycles. The molecule has 0 spiro atoms. The maximum Gasteiger partial charge on any atom is 0.325 e. The van der Waals surface area contributed by atoms with Crippen LogP contribution < -0.4 is 14.8 Å². The summed E-state index contributed by atoms with van der Waals surface area (Å²) < 4.78 is 41.0. The molecule has 2 amide bonds. The van der Waals surface area contributed by atoms with Crippen molar-refractivity contribution in [2.24, 2.45) is 0 Å². The predicted octanol–water partition coefficient (Wildman–Crippen LogP) is 3.82. The van der Waals surface area contributed by atoms with Gasteiger partial charge in [-0.25, -0.2) is 13.5 Å². The van der Waals surface area contributed by atoms with Crippen LogP contribution in [0, 0.1) is 0 Å². The molecule has 3 rings (SSSR count). The van der Waals surface area contributed by atoms with Crippen molar-refractivity contribution in [2.45, 2.75) is 57.1 Å². The first-order valence-electron chi connectivity index (χ1n) is 13.3. The Hall–Kier alpha value is -4.00. The summed E-state index contributed by atoms with van der Waals surface area (Å²) in [5, 5.41) is 5.62. The molecule has 0 saturated heterocycles. The molecule has 42 heavy (non-hydrogen) atoms. The molecule has 0 bridgehead atoms. The summed E-state index contributed by atoms with van der Waals surface area (Å²) in [5.41, 5.74) is 0.397. The minimum absolute atomic E-state index is 0.0442. The number of sulfonamides is 1. The monoisotopic (exact) mass is 599 g/mol. The number of amides is 2. The van der Waals surface area contributed by atoms with Crippen molar-refractivity contribution in [2.75, 3.05) is 26.1 Å². The quantitative estimate of drug-likeness (QED) is 0.237. The van der Waals surface area contributed by atoms with Crippen molar-refractivity contribution in [3.05, 3.63) is 66.2 Å². The molecule has 3 aromatic carbocycles. The first-order valence-corrected chi connectivity index (χ1v) is 14.8. The van der Waals surface area contributed by atoms with Crippen molar-refractivity contribution >= 4 is 44.3 Å². The van der Waals surface area contributed by atoms with Gasteiger partial charge in [0.25, 0.3) is 0 Å². The fraction of sp³-hybridized carbons (Fsp3) is 0.367. The van der Waals surface area contributed by atoms with E-state index in [4.69, 9.17) is 14.3 Å². The largest absolute Gasteiger partial charge is 0.492 e. The van der Waals surface area contributed by atoms with Crippen LogP contribution in [0.2, 0.25) is 0 Å². The van der Waals surface area contributed by atoms with Gasteiger partial charge in [0.2, 0.25) is 21.8 Å². The summed E-state index contributed by atoms with van der Waals surface area (Å²) in [6, 6.07) is 16.3. The van der Waals surface area contributed by atoms with E-state index >= 15 is 0 Å². The van der Waals surface area contributed by atoms with Gasteiger partial charge in [-0.2, -0.15) is 4.72 Å². The number of esters is 1. The number of hydrogen-bond donors (Lipinski definition) is 2. The Morgan fingerprint density at radius 2 is 1.69 bits per heavy atom. The second kappa shape index (κ2) is 13.8. The molecule has 0 aliphatic carbocycles. The third-order valence-corrected chi connectivity index (χ3v) is 7.57. The number of hydrogen-bond acceptors (Lipinski definition) is 8. The van der Waals surface area contributed by atoms with Crippen LogP contribution in [-0.4, -0.2) is 63.7 Å². The first-order chi connectivity index (χ1) is 19.7. The van der Waals surface area contributed by atoms with Gasteiger partial charge in [-0.15, -0.1) is 0 Å². The number of carbonyl (C=O) groups excluding carboxylic acids is 3. The van der Waals surface area contributed by atoms with E-state index in [2.05, 4.69) is 10.0 Å². The highest BCUT2D eigenvalue weighted by molar-refractivity contribution is 7.89. The van der Waals surface area contributed by atoms with Crippen LogP contribution in [0.15, 0.2) is 65.6 Å². The smallest absolute Gasteiger partial charge is 0.325 e. The number of ether oxygens (including phenoxy) is 2. The van der Waals surface area contributed by atoms with Gasteiger partial charge in [-0.05, 0) is 49.2 Å². The highest BCUT2D eigenvalue weighted by Crippen LogP contribution is 2.29. The molecule has 0 aliphatic heterocycles. The summed E-state index contributed by atoms with van der Waals surface area (Å²) >= 11 is 0. The van der Waals surface area contributed by atoms with E-state index in [1.807, 2.05) is 42.5 Å². The lowest BCUT2D eigenvalue weighted by Crippen LogP contribution is -2.47. The van der Waals surface area contributed by atoms with Gasteiger partial charge >= 0.3 is 5.97 Å². The molecule has 11 nitrogen and oxygen atoms in total. The SMILES string of the molecule is CON(C)C(=O)CC(NS(=O)(=O)c1ccc(NC(C)=O)cc1OCCc1cccc2ccccc12)C(=O)OC(C)(C)C. The number of carbonyl (C=O) groups is 3. The first kappa shape index (κ1) is 32.5. The molecule has 0 aromatic heterocycles. The number of fused-ring (bicyclic) bond motifs is 1. The highest BCUT2D eigenvalue weighted by Gasteiger charge is 2.34. The molecule has 3 aromatic rings. The van der Waals surface area contributed by atoms with Gasteiger partial charge in [-0.3, -0.25) is 19.2 Å². The van der Waals surface area contributed by atoms with Crippen molar-refractivity contribution in [3.63, 3.8) is 0 Å². The second-order valence-corrected chi connectivity index (χ2v) is 12.2. The number of rotatable bonds is 12.